The van der Waals surface area contributed by atoms with Crippen molar-refractivity contribution in [2.24, 2.45) is 0 Å². The lowest BCUT2D eigenvalue weighted by molar-refractivity contribution is -0.216. The third kappa shape index (κ3) is 4.63. The van der Waals surface area contributed by atoms with Gasteiger partial charge < -0.3 is 18.9 Å². The number of rotatable bonds is 6. The number of amides is 2. The lowest BCUT2D eigenvalue weighted by Crippen LogP contribution is -2.66. The number of nitrogens with zero attached hydrogens (tertiary/aromatic N) is 1. The predicted octanol–water partition coefficient (Wildman–Crippen LogP) is 1.17. The minimum absolute atomic E-state index is 0.213. The second kappa shape index (κ2) is 9.70. The van der Waals surface area contributed by atoms with Crippen molar-refractivity contribution < 1.29 is 42.9 Å². The molecule has 2 aliphatic heterocycles. The van der Waals surface area contributed by atoms with Gasteiger partial charge in [0.25, 0.3) is 11.8 Å². The lowest BCUT2D eigenvalue weighted by atomic mass is 9.96. The van der Waals surface area contributed by atoms with E-state index in [0.29, 0.717) is 0 Å². The Balaban J connectivity index is 2.05. The van der Waals surface area contributed by atoms with Gasteiger partial charge in [0.2, 0.25) is 0 Å². The fraction of sp³-hybridized carbons (Fsp3) is 0.476. The molecule has 1 aromatic rings. The standard InChI is InChI=1S/C21H23NO9S/c1-10(23)28-9-15-17(29-11(2)24)18(30-12(3)25)16(21(31-15)32-4)22-19(26)13-7-5-6-8-14(13)20(22)27/h5-8,15-18,21H,9H2,1-4H3. The zero-order chi connectivity index (χ0) is 23.6. The Labute approximate surface area is 188 Å². The molecule has 0 aliphatic carbocycles. The first kappa shape index (κ1) is 23.7. The van der Waals surface area contributed by atoms with E-state index in [9.17, 15) is 24.0 Å². The molecule has 2 amide bonds. The van der Waals surface area contributed by atoms with Crippen LogP contribution in [0.25, 0.3) is 0 Å². The Hall–Kier alpha value is -2.92. The largest absolute Gasteiger partial charge is 0.463 e. The van der Waals surface area contributed by atoms with Crippen LogP contribution in [0.15, 0.2) is 24.3 Å². The Kier molecular flexibility index (Phi) is 7.19. The number of ether oxygens (including phenoxy) is 4. The van der Waals surface area contributed by atoms with Crippen molar-refractivity contribution >= 4 is 41.5 Å². The van der Waals surface area contributed by atoms with Gasteiger partial charge in [-0.25, -0.2) is 0 Å². The molecule has 0 radical (unpaired) electrons. The smallest absolute Gasteiger partial charge is 0.303 e. The summed E-state index contributed by atoms with van der Waals surface area (Å²) in [5.41, 5.74) is -0.427. The fourth-order valence-electron chi connectivity index (χ4n) is 3.83. The number of imide groups is 1. The van der Waals surface area contributed by atoms with Crippen LogP contribution >= 0.6 is 11.8 Å². The van der Waals surface area contributed by atoms with Crippen LogP contribution in [-0.2, 0) is 33.3 Å². The van der Waals surface area contributed by atoms with Crippen molar-refractivity contribution in [1.29, 1.82) is 0 Å². The highest BCUT2D eigenvalue weighted by Crippen LogP contribution is 2.37. The summed E-state index contributed by atoms with van der Waals surface area (Å²) >= 11 is 1.17. The van der Waals surface area contributed by atoms with Crippen molar-refractivity contribution in [3.8, 4) is 0 Å². The van der Waals surface area contributed by atoms with E-state index >= 15 is 0 Å². The van der Waals surface area contributed by atoms with E-state index in [1.807, 2.05) is 0 Å². The van der Waals surface area contributed by atoms with Crippen molar-refractivity contribution in [3.05, 3.63) is 35.4 Å². The van der Waals surface area contributed by atoms with Crippen molar-refractivity contribution in [2.45, 2.75) is 50.6 Å². The molecule has 11 heteroatoms. The number of hydrogen-bond donors (Lipinski definition) is 0. The minimum atomic E-state index is -1.25. The van der Waals surface area contributed by atoms with Crippen LogP contribution in [0.2, 0.25) is 0 Å². The van der Waals surface area contributed by atoms with Gasteiger partial charge in [0.05, 0.1) is 11.1 Å². The van der Waals surface area contributed by atoms with Gasteiger partial charge in [-0.1, -0.05) is 12.1 Å². The quantitative estimate of drug-likeness (QED) is 0.343. The van der Waals surface area contributed by atoms with Gasteiger partial charge in [-0.05, 0) is 18.4 Å². The second-order valence-corrected chi connectivity index (χ2v) is 8.18. The zero-order valence-electron chi connectivity index (χ0n) is 17.9. The summed E-state index contributed by atoms with van der Waals surface area (Å²) in [6.45, 7) is 3.25. The minimum Gasteiger partial charge on any atom is -0.463 e. The zero-order valence-corrected chi connectivity index (χ0v) is 18.7. The maximum Gasteiger partial charge on any atom is 0.303 e. The fourth-order valence-corrected chi connectivity index (χ4v) is 4.64. The van der Waals surface area contributed by atoms with Gasteiger partial charge in [0.15, 0.2) is 12.2 Å². The topological polar surface area (TPSA) is 126 Å². The lowest BCUT2D eigenvalue weighted by Gasteiger charge is -2.47. The van der Waals surface area contributed by atoms with Gasteiger partial charge in [0.1, 0.15) is 24.2 Å². The number of benzene rings is 1. The van der Waals surface area contributed by atoms with Crippen LogP contribution in [0.1, 0.15) is 41.5 Å². The van der Waals surface area contributed by atoms with E-state index in [0.717, 1.165) is 18.7 Å². The Morgan fingerprint density at radius 3 is 1.94 bits per heavy atom. The molecular weight excluding hydrogens is 442 g/mol. The molecule has 5 unspecified atom stereocenters. The van der Waals surface area contributed by atoms with Crippen molar-refractivity contribution in [3.63, 3.8) is 0 Å². The first-order valence-electron chi connectivity index (χ1n) is 9.78. The molecule has 0 spiro atoms. The predicted molar refractivity (Wildman–Crippen MR) is 111 cm³/mol. The summed E-state index contributed by atoms with van der Waals surface area (Å²) in [6.07, 6.45) is -1.77. The maximum atomic E-state index is 13.1. The molecule has 0 bridgehead atoms. The third-order valence-corrected chi connectivity index (χ3v) is 5.88. The maximum absolute atomic E-state index is 13.1. The average molecular weight is 465 g/mol. The molecule has 0 aromatic heterocycles. The molecule has 2 aliphatic rings. The van der Waals surface area contributed by atoms with Gasteiger partial charge in [0, 0.05) is 20.8 Å². The van der Waals surface area contributed by atoms with Crippen LogP contribution < -0.4 is 0 Å². The number of carbonyl (C=O) groups excluding carboxylic acids is 5. The third-order valence-electron chi connectivity index (χ3n) is 5.03. The first-order chi connectivity index (χ1) is 15.1. The second-order valence-electron chi connectivity index (χ2n) is 7.25. The number of carbonyl (C=O) groups is 5. The molecule has 1 saturated heterocycles. The molecule has 0 saturated carbocycles. The van der Waals surface area contributed by atoms with Crippen molar-refractivity contribution in [2.75, 3.05) is 12.9 Å². The van der Waals surface area contributed by atoms with Crippen LogP contribution in [0, 0.1) is 0 Å². The highest BCUT2D eigenvalue weighted by Gasteiger charge is 2.56. The summed E-state index contributed by atoms with van der Waals surface area (Å²) in [7, 11) is 0. The highest BCUT2D eigenvalue weighted by atomic mass is 32.2. The normalized spacial score (nSPS) is 27.0. The molecular formula is C21H23NO9S. The van der Waals surface area contributed by atoms with Gasteiger partial charge in [-0.2, -0.15) is 0 Å². The Bertz CT molecular complexity index is 914. The molecule has 172 valence electrons. The summed E-state index contributed by atoms with van der Waals surface area (Å²) in [6, 6.07) is 5.23. The molecule has 1 aromatic carbocycles. The van der Waals surface area contributed by atoms with Crippen LogP contribution in [-0.4, -0.2) is 77.3 Å². The van der Waals surface area contributed by atoms with Crippen LogP contribution in [0.5, 0.6) is 0 Å². The number of fused-ring (bicyclic) bond motifs is 1. The van der Waals surface area contributed by atoms with Crippen LogP contribution in [0.4, 0.5) is 0 Å². The molecule has 5 atom stereocenters. The van der Waals surface area contributed by atoms with Gasteiger partial charge in [-0.15, -0.1) is 11.8 Å². The van der Waals surface area contributed by atoms with E-state index in [2.05, 4.69) is 0 Å². The molecule has 32 heavy (non-hydrogen) atoms. The van der Waals surface area contributed by atoms with E-state index in [1.54, 1.807) is 18.4 Å². The molecule has 0 N–H and O–H groups in total. The first-order valence-corrected chi connectivity index (χ1v) is 11.1. The number of thioether (sulfide) groups is 1. The number of hydrogen-bond acceptors (Lipinski definition) is 10. The van der Waals surface area contributed by atoms with Gasteiger partial charge in [-0.3, -0.25) is 28.9 Å². The average Bonchev–Trinajstić information content (AvgIpc) is 2.98. The summed E-state index contributed by atoms with van der Waals surface area (Å²) in [5, 5.41) is 0. The van der Waals surface area contributed by atoms with Crippen molar-refractivity contribution in [1.82, 2.24) is 4.90 Å². The molecule has 10 nitrogen and oxygen atoms in total. The molecule has 1 fully saturated rings. The van der Waals surface area contributed by atoms with E-state index in [1.165, 1.54) is 30.8 Å². The van der Waals surface area contributed by atoms with E-state index in [4.69, 9.17) is 18.9 Å². The van der Waals surface area contributed by atoms with Gasteiger partial charge >= 0.3 is 17.9 Å². The number of esters is 3. The van der Waals surface area contributed by atoms with E-state index < -0.39 is 59.5 Å². The monoisotopic (exact) mass is 465 g/mol. The summed E-state index contributed by atoms with van der Waals surface area (Å²) in [4.78, 5) is 62.4. The SMILES string of the molecule is CSC1OC(COC(C)=O)C(OC(C)=O)C(OC(C)=O)C1N1C(=O)c2ccccc2C1=O. The summed E-state index contributed by atoms with van der Waals surface area (Å²) in [5.74, 6) is -3.14. The Morgan fingerprint density at radius 2 is 1.47 bits per heavy atom. The summed E-state index contributed by atoms with van der Waals surface area (Å²) < 4.78 is 21.9. The molecule has 2 heterocycles. The van der Waals surface area contributed by atoms with Crippen LogP contribution in [0.3, 0.4) is 0 Å². The van der Waals surface area contributed by atoms with E-state index in [-0.39, 0.29) is 17.7 Å². The Morgan fingerprint density at radius 1 is 0.938 bits per heavy atom. The molecule has 3 rings (SSSR count). The highest BCUT2D eigenvalue weighted by molar-refractivity contribution is 7.99.